The predicted octanol–water partition coefficient (Wildman–Crippen LogP) is 2.08. The predicted molar refractivity (Wildman–Crippen MR) is 70.6 cm³/mol. The summed E-state index contributed by atoms with van der Waals surface area (Å²) >= 11 is 0. The van der Waals surface area contributed by atoms with Crippen molar-refractivity contribution in [2.45, 2.75) is 0 Å². The second-order valence-corrected chi connectivity index (χ2v) is 4.08. The van der Waals surface area contributed by atoms with E-state index in [1.807, 2.05) is 0 Å². The number of amides is 1. The summed E-state index contributed by atoms with van der Waals surface area (Å²) < 4.78 is 0. The van der Waals surface area contributed by atoms with Crippen molar-refractivity contribution in [3.8, 4) is 17.2 Å². The summed E-state index contributed by atoms with van der Waals surface area (Å²) in [7, 11) is 1.58. The van der Waals surface area contributed by atoms with Crippen LogP contribution in [0, 0.1) is 0 Å². The zero-order chi connectivity index (χ0) is 14.0. The minimum atomic E-state index is -0.343. The van der Waals surface area contributed by atoms with E-state index in [0.717, 1.165) is 0 Å². The molecule has 0 aliphatic rings. The van der Waals surface area contributed by atoms with Crippen molar-refractivity contribution in [3.63, 3.8) is 0 Å². The number of anilines is 1. The van der Waals surface area contributed by atoms with E-state index in [0.29, 0.717) is 5.69 Å². The molecular formula is C14H13NO4. The molecular weight excluding hydrogens is 246 g/mol. The third-order valence-electron chi connectivity index (χ3n) is 2.76. The summed E-state index contributed by atoms with van der Waals surface area (Å²) in [6, 6.07) is 10.1. The topological polar surface area (TPSA) is 81.0 Å². The fourth-order valence-electron chi connectivity index (χ4n) is 1.64. The van der Waals surface area contributed by atoms with Gasteiger partial charge in [-0.15, -0.1) is 0 Å². The van der Waals surface area contributed by atoms with Crippen molar-refractivity contribution >= 4 is 11.6 Å². The van der Waals surface area contributed by atoms with Crippen LogP contribution < -0.4 is 4.90 Å². The largest absolute Gasteiger partial charge is 0.508 e. The van der Waals surface area contributed by atoms with Gasteiger partial charge in [-0.25, -0.2) is 0 Å². The Balaban J connectivity index is 2.28. The summed E-state index contributed by atoms with van der Waals surface area (Å²) in [5.74, 6) is -0.832. The highest BCUT2D eigenvalue weighted by Crippen LogP contribution is 2.26. The van der Waals surface area contributed by atoms with Crippen molar-refractivity contribution in [3.05, 3.63) is 48.0 Å². The Kier molecular flexibility index (Phi) is 3.29. The van der Waals surface area contributed by atoms with E-state index in [1.54, 1.807) is 19.2 Å². The first kappa shape index (κ1) is 12.8. The minimum Gasteiger partial charge on any atom is -0.508 e. The summed E-state index contributed by atoms with van der Waals surface area (Å²) in [5.41, 5.74) is 0.862. The normalized spacial score (nSPS) is 10.2. The second kappa shape index (κ2) is 4.89. The molecule has 5 heteroatoms. The van der Waals surface area contributed by atoms with Crippen molar-refractivity contribution < 1.29 is 20.1 Å². The maximum Gasteiger partial charge on any atom is 0.258 e. The highest BCUT2D eigenvalue weighted by molar-refractivity contribution is 6.06. The third-order valence-corrected chi connectivity index (χ3v) is 2.76. The Morgan fingerprint density at radius 2 is 1.58 bits per heavy atom. The maximum absolute atomic E-state index is 12.2. The fraction of sp³-hybridized carbons (Fsp3) is 0.0714. The van der Waals surface area contributed by atoms with Gasteiger partial charge in [0.05, 0.1) is 0 Å². The SMILES string of the molecule is CN(C(=O)c1ccc(O)c(O)c1)c1ccc(O)cc1. The molecule has 0 atom stereocenters. The average molecular weight is 259 g/mol. The molecule has 0 aliphatic carbocycles. The lowest BCUT2D eigenvalue weighted by molar-refractivity contribution is 0.0992. The number of carbonyl (C=O) groups is 1. The van der Waals surface area contributed by atoms with Gasteiger partial charge in [0.1, 0.15) is 5.75 Å². The smallest absolute Gasteiger partial charge is 0.258 e. The van der Waals surface area contributed by atoms with Crippen LogP contribution >= 0.6 is 0 Å². The third kappa shape index (κ3) is 2.60. The number of rotatable bonds is 2. The van der Waals surface area contributed by atoms with Gasteiger partial charge in [-0.1, -0.05) is 0 Å². The van der Waals surface area contributed by atoms with Crippen LogP contribution in [-0.2, 0) is 0 Å². The molecule has 0 fully saturated rings. The van der Waals surface area contributed by atoms with Crippen molar-refractivity contribution in [2.75, 3.05) is 11.9 Å². The number of phenolic OH excluding ortho intramolecular Hbond substituents is 3. The molecule has 3 N–H and O–H groups in total. The van der Waals surface area contributed by atoms with Gasteiger partial charge in [0, 0.05) is 18.3 Å². The number of carbonyl (C=O) groups excluding carboxylic acids is 1. The van der Waals surface area contributed by atoms with Crippen LogP contribution in [-0.4, -0.2) is 28.3 Å². The zero-order valence-electron chi connectivity index (χ0n) is 10.2. The average Bonchev–Trinajstić information content (AvgIpc) is 2.41. The summed E-state index contributed by atoms with van der Waals surface area (Å²) in [6.45, 7) is 0. The van der Waals surface area contributed by atoms with E-state index < -0.39 is 0 Å². The van der Waals surface area contributed by atoms with Gasteiger partial charge < -0.3 is 20.2 Å². The van der Waals surface area contributed by atoms with Gasteiger partial charge in [0.25, 0.3) is 5.91 Å². The minimum absolute atomic E-state index is 0.117. The van der Waals surface area contributed by atoms with E-state index >= 15 is 0 Å². The van der Waals surface area contributed by atoms with Crippen LogP contribution in [0.2, 0.25) is 0 Å². The van der Waals surface area contributed by atoms with Gasteiger partial charge in [0.15, 0.2) is 11.5 Å². The molecule has 0 aliphatic heterocycles. The van der Waals surface area contributed by atoms with Gasteiger partial charge in [-0.2, -0.15) is 0 Å². The van der Waals surface area contributed by atoms with E-state index in [9.17, 15) is 20.1 Å². The number of benzene rings is 2. The molecule has 0 saturated heterocycles. The van der Waals surface area contributed by atoms with Gasteiger partial charge in [-0.05, 0) is 42.5 Å². The summed E-state index contributed by atoms with van der Waals surface area (Å²) in [4.78, 5) is 13.5. The van der Waals surface area contributed by atoms with Crippen LogP contribution in [0.4, 0.5) is 5.69 Å². The summed E-state index contributed by atoms with van der Waals surface area (Å²) in [5, 5.41) is 27.8. The molecule has 0 aromatic heterocycles. The number of phenols is 3. The van der Waals surface area contributed by atoms with E-state index in [1.165, 1.54) is 35.2 Å². The fourth-order valence-corrected chi connectivity index (χ4v) is 1.64. The van der Waals surface area contributed by atoms with Crippen molar-refractivity contribution in [2.24, 2.45) is 0 Å². The standard InChI is InChI=1S/C14H13NO4/c1-15(10-3-5-11(16)6-4-10)14(19)9-2-7-12(17)13(18)8-9/h2-8,16-18H,1H3. The van der Waals surface area contributed by atoms with E-state index in [4.69, 9.17) is 0 Å². The number of hydrogen-bond donors (Lipinski definition) is 3. The zero-order valence-corrected chi connectivity index (χ0v) is 10.2. The lowest BCUT2D eigenvalue weighted by Crippen LogP contribution is -2.25. The van der Waals surface area contributed by atoms with E-state index in [-0.39, 0.29) is 28.7 Å². The Hall–Kier alpha value is -2.69. The molecule has 19 heavy (non-hydrogen) atoms. The molecule has 5 nitrogen and oxygen atoms in total. The molecule has 2 rings (SSSR count). The van der Waals surface area contributed by atoms with Gasteiger partial charge >= 0.3 is 0 Å². The second-order valence-electron chi connectivity index (χ2n) is 4.08. The highest BCUT2D eigenvalue weighted by Gasteiger charge is 2.15. The first-order valence-corrected chi connectivity index (χ1v) is 5.58. The Morgan fingerprint density at radius 1 is 0.947 bits per heavy atom. The molecule has 0 radical (unpaired) electrons. The van der Waals surface area contributed by atoms with Gasteiger partial charge in [0.2, 0.25) is 0 Å². The molecule has 1 amide bonds. The Bertz CT molecular complexity index is 607. The molecule has 0 bridgehead atoms. The van der Waals surface area contributed by atoms with Crippen LogP contribution in [0.1, 0.15) is 10.4 Å². The molecule has 0 spiro atoms. The first-order valence-electron chi connectivity index (χ1n) is 5.58. The lowest BCUT2D eigenvalue weighted by Gasteiger charge is -2.17. The molecule has 98 valence electrons. The van der Waals surface area contributed by atoms with Crippen molar-refractivity contribution in [1.29, 1.82) is 0 Å². The summed E-state index contributed by atoms with van der Waals surface area (Å²) in [6.07, 6.45) is 0. The molecule has 2 aromatic carbocycles. The van der Waals surface area contributed by atoms with Crippen LogP contribution in [0.25, 0.3) is 0 Å². The first-order chi connectivity index (χ1) is 8.99. The lowest BCUT2D eigenvalue weighted by atomic mass is 10.1. The highest BCUT2D eigenvalue weighted by atomic mass is 16.3. The molecule has 0 unspecified atom stereocenters. The maximum atomic E-state index is 12.2. The van der Waals surface area contributed by atoms with Crippen LogP contribution in [0.15, 0.2) is 42.5 Å². The van der Waals surface area contributed by atoms with Crippen LogP contribution in [0.5, 0.6) is 17.2 Å². The monoisotopic (exact) mass is 259 g/mol. The molecule has 2 aromatic rings. The van der Waals surface area contributed by atoms with Crippen molar-refractivity contribution in [1.82, 2.24) is 0 Å². The number of nitrogens with zero attached hydrogens (tertiary/aromatic N) is 1. The Morgan fingerprint density at radius 3 is 2.16 bits per heavy atom. The van der Waals surface area contributed by atoms with Gasteiger partial charge in [-0.3, -0.25) is 4.79 Å². The van der Waals surface area contributed by atoms with E-state index in [2.05, 4.69) is 0 Å². The molecule has 0 heterocycles. The number of hydrogen-bond acceptors (Lipinski definition) is 4. The Labute approximate surface area is 110 Å². The quantitative estimate of drug-likeness (QED) is 0.721. The van der Waals surface area contributed by atoms with Crippen LogP contribution in [0.3, 0.4) is 0 Å². The number of aromatic hydroxyl groups is 3. The molecule has 0 saturated carbocycles.